The van der Waals surface area contributed by atoms with E-state index >= 15 is 0 Å². The van der Waals surface area contributed by atoms with Crippen LogP contribution in [0.15, 0.2) is 168 Å². The van der Waals surface area contributed by atoms with E-state index in [0.717, 1.165) is 44.4 Å². The third-order valence-corrected chi connectivity index (χ3v) is 10.7. The van der Waals surface area contributed by atoms with Gasteiger partial charge in [-0.25, -0.2) is 0 Å². The van der Waals surface area contributed by atoms with Crippen LogP contribution >= 0.6 is 11.3 Å². The van der Waals surface area contributed by atoms with E-state index in [4.69, 9.17) is 4.42 Å². The normalized spacial score (nSPS) is 11.8. The molecule has 0 radical (unpaired) electrons. The lowest BCUT2D eigenvalue weighted by atomic mass is 10.0. The van der Waals surface area contributed by atoms with Crippen molar-refractivity contribution in [2.75, 3.05) is 4.90 Å². The minimum atomic E-state index is 0.882. The Hall–Kier alpha value is -5.90. The first-order valence-electron chi connectivity index (χ1n) is 15.9. The molecular weight excluding hydrogens is 591 g/mol. The zero-order valence-electron chi connectivity index (χ0n) is 25.4. The van der Waals surface area contributed by atoms with Crippen molar-refractivity contribution in [2.45, 2.75) is 0 Å². The predicted molar refractivity (Wildman–Crippen MR) is 202 cm³/mol. The highest BCUT2D eigenvalue weighted by atomic mass is 32.1. The fourth-order valence-corrected chi connectivity index (χ4v) is 8.54. The lowest BCUT2D eigenvalue weighted by molar-refractivity contribution is 0.672. The summed E-state index contributed by atoms with van der Waals surface area (Å²) < 4.78 is 9.28. The van der Waals surface area contributed by atoms with Gasteiger partial charge in [-0.15, -0.1) is 11.3 Å². The van der Waals surface area contributed by atoms with Crippen LogP contribution < -0.4 is 4.90 Å². The Morgan fingerprint density at radius 1 is 0.447 bits per heavy atom. The molecule has 220 valence electrons. The van der Waals surface area contributed by atoms with E-state index in [1.807, 2.05) is 11.3 Å². The zero-order valence-corrected chi connectivity index (χ0v) is 26.2. The molecule has 2 nitrogen and oxygen atoms in total. The van der Waals surface area contributed by atoms with Crippen molar-refractivity contribution in [1.29, 1.82) is 0 Å². The second-order valence-corrected chi connectivity index (χ2v) is 13.1. The Kier molecular flexibility index (Phi) is 5.78. The van der Waals surface area contributed by atoms with Crippen molar-refractivity contribution in [3.63, 3.8) is 0 Å². The van der Waals surface area contributed by atoms with Gasteiger partial charge in [0, 0.05) is 42.0 Å². The fraction of sp³-hybridized carbons (Fsp3) is 0. The van der Waals surface area contributed by atoms with Gasteiger partial charge in [0.25, 0.3) is 0 Å². The average Bonchev–Trinajstić information content (AvgIpc) is 3.72. The number of hydrogen-bond donors (Lipinski definition) is 0. The monoisotopic (exact) mass is 617 g/mol. The number of rotatable bonds is 4. The highest BCUT2D eigenvalue weighted by molar-refractivity contribution is 7.26. The first-order valence-corrected chi connectivity index (χ1v) is 16.7. The van der Waals surface area contributed by atoms with Gasteiger partial charge in [-0.3, -0.25) is 0 Å². The lowest BCUT2D eigenvalue weighted by Gasteiger charge is -2.27. The Morgan fingerprint density at radius 3 is 1.98 bits per heavy atom. The second-order valence-electron chi connectivity index (χ2n) is 12.1. The molecule has 0 aliphatic rings. The van der Waals surface area contributed by atoms with Crippen molar-refractivity contribution < 1.29 is 4.42 Å². The maximum absolute atomic E-state index is 6.63. The number of benzene rings is 8. The summed E-state index contributed by atoms with van der Waals surface area (Å²) in [5.74, 6) is 0. The van der Waals surface area contributed by atoms with Gasteiger partial charge in [0.2, 0.25) is 0 Å². The molecule has 0 atom stereocenters. The largest absolute Gasteiger partial charge is 0.455 e. The number of fused-ring (bicyclic) bond motifs is 9. The highest BCUT2D eigenvalue weighted by Gasteiger charge is 2.22. The van der Waals surface area contributed by atoms with E-state index < -0.39 is 0 Å². The molecule has 10 aromatic rings. The average molecular weight is 618 g/mol. The first-order chi connectivity index (χ1) is 23.3. The Balaban J connectivity index is 1.21. The van der Waals surface area contributed by atoms with Gasteiger partial charge in [0.05, 0.1) is 16.8 Å². The smallest absolute Gasteiger partial charge is 0.143 e. The van der Waals surface area contributed by atoms with Gasteiger partial charge in [-0.2, -0.15) is 0 Å². The third-order valence-electron chi connectivity index (χ3n) is 9.45. The summed E-state index contributed by atoms with van der Waals surface area (Å²) in [5, 5.41) is 9.58. The molecule has 3 heteroatoms. The lowest BCUT2D eigenvalue weighted by Crippen LogP contribution is -2.10. The standard InChI is InChI=1S/C44H27NOS/c1-3-13-32-28(10-1)12-7-18-38(32)45(39-19-9-20-40-42(39)37-27-24-29-11-2-4-14-33(29)43(37)46-40)31-25-22-30(23-26-31)34-16-8-17-36-35-15-5-6-21-41(35)47-44(34)36/h1-27H. The van der Waals surface area contributed by atoms with E-state index in [9.17, 15) is 0 Å². The summed E-state index contributed by atoms with van der Waals surface area (Å²) in [6.45, 7) is 0. The number of anilines is 3. The van der Waals surface area contributed by atoms with Crippen LogP contribution in [0, 0.1) is 0 Å². The molecule has 0 N–H and O–H groups in total. The third kappa shape index (κ3) is 4.04. The molecule has 0 amide bonds. The molecule has 2 heterocycles. The van der Waals surface area contributed by atoms with Crippen molar-refractivity contribution >= 4 is 92.1 Å². The summed E-state index contributed by atoms with van der Waals surface area (Å²) in [5.41, 5.74) is 7.60. The van der Waals surface area contributed by atoms with Gasteiger partial charge in [0.1, 0.15) is 11.2 Å². The first kappa shape index (κ1) is 26.3. The van der Waals surface area contributed by atoms with Crippen LogP contribution in [0.2, 0.25) is 0 Å². The van der Waals surface area contributed by atoms with Gasteiger partial charge in [-0.05, 0) is 64.4 Å². The zero-order chi connectivity index (χ0) is 30.9. The highest BCUT2D eigenvalue weighted by Crippen LogP contribution is 2.47. The molecule has 0 spiro atoms. The van der Waals surface area contributed by atoms with Crippen LogP contribution in [0.1, 0.15) is 0 Å². The van der Waals surface area contributed by atoms with Crippen molar-refractivity contribution in [2.24, 2.45) is 0 Å². The van der Waals surface area contributed by atoms with Crippen LogP contribution in [-0.4, -0.2) is 0 Å². The van der Waals surface area contributed by atoms with Crippen molar-refractivity contribution in [1.82, 2.24) is 0 Å². The van der Waals surface area contributed by atoms with Crippen LogP contribution in [0.25, 0.3) is 74.8 Å². The summed E-state index contributed by atoms with van der Waals surface area (Å²) in [7, 11) is 0. The van der Waals surface area contributed by atoms with E-state index in [-0.39, 0.29) is 0 Å². The number of nitrogens with zero attached hydrogens (tertiary/aromatic N) is 1. The van der Waals surface area contributed by atoms with Crippen LogP contribution in [0.4, 0.5) is 17.1 Å². The van der Waals surface area contributed by atoms with Crippen LogP contribution in [0.5, 0.6) is 0 Å². The molecule has 10 rings (SSSR count). The van der Waals surface area contributed by atoms with E-state index in [1.165, 1.54) is 47.5 Å². The quantitative estimate of drug-likeness (QED) is 0.195. The van der Waals surface area contributed by atoms with Crippen LogP contribution in [-0.2, 0) is 0 Å². The Labute approximate surface area is 275 Å². The summed E-state index contributed by atoms with van der Waals surface area (Å²) >= 11 is 1.87. The molecular formula is C44H27NOS. The Morgan fingerprint density at radius 2 is 1.11 bits per heavy atom. The van der Waals surface area contributed by atoms with E-state index in [1.54, 1.807) is 0 Å². The van der Waals surface area contributed by atoms with Crippen LogP contribution in [0.3, 0.4) is 0 Å². The van der Waals surface area contributed by atoms with Gasteiger partial charge >= 0.3 is 0 Å². The fourth-order valence-electron chi connectivity index (χ4n) is 7.30. The van der Waals surface area contributed by atoms with E-state index in [0.29, 0.717) is 0 Å². The molecule has 0 fully saturated rings. The molecule has 8 aromatic carbocycles. The van der Waals surface area contributed by atoms with Crippen molar-refractivity contribution in [3.8, 4) is 11.1 Å². The maximum atomic E-state index is 6.63. The minimum Gasteiger partial charge on any atom is -0.455 e. The SMILES string of the molecule is c1ccc2c(N(c3ccc(-c4cccc5c4sc4ccccc45)cc3)c3cccc4oc5c6ccccc6ccc5c34)cccc2c1. The molecule has 0 bridgehead atoms. The molecule has 0 aliphatic heterocycles. The molecule has 0 aliphatic carbocycles. The topological polar surface area (TPSA) is 16.4 Å². The molecule has 47 heavy (non-hydrogen) atoms. The maximum Gasteiger partial charge on any atom is 0.143 e. The molecule has 0 saturated heterocycles. The summed E-state index contributed by atoms with van der Waals surface area (Å²) in [6.07, 6.45) is 0. The summed E-state index contributed by atoms with van der Waals surface area (Å²) in [4.78, 5) is 2.40. The summed E-state index contributed by atoms with van der Waals surface area (Å²) in [6, 6.07) is 58.9. The number of furan rings is 1. The number of thiophene rings is 1. The molecule has 2 aromatic heterocycles. The molecule has 0 unspecified atom stereocenters. The molecule has 0 saturated carbocycles. The van der Waals surface area contributed by atoms with Gasteiger partial charge < -0.3 is 9.32 Å². The number of hydrogen-bond acceptors (Lipinski definition) is 3. The Bertz CT molecular complexity index is 2800. The van der Waals surface area contributed by atoms with Crippen molar-refractivity contribution in [3.05, 3.63) is 164 Å². The minimum absolute atomic E-state index is 0.882. The predicted octanol–water partition coefficient (Wildman–Crippen LogP) is 13.4. The van der Waals surface area contributed by atoms with E-state index in [2.05, 4.69) is 169 Å². The second kappa shape index (κ2) is 10.3. The van der Waals surface area contributed by atoms with Gasteiger partial charge in [0.15, 0.2) is 0 Å². The van der Waals surface area contributed by atoms with Gasteiger partial charge in [-0.1, -0.05) is 121 Å².